The van der Waals surface area contributed by atoms with Gasteiger partial charge >= 0.3 is 12.0 Å². The van der Waals surface area contributed by atoms with Crippen LogP contribution in [0, 0.1) is 0 Å². The van der Waals surface area contributed by atoms with Gasteiger partial charge in [-0.15, -0.1) is 0 Å². The van der Waals surface area contributed by atoms with E-state index in [0.29, 0.717) is 11.1 Å². The van der Waals surface area contributed by atoms with Crippen LogP contribution in [0.4, 0.5) is 4.79 Å². The minimum atomic E-state index is -1.15. The van der Waals surface area contributed by atoms with Crippen molar-refractivity contribution in [3.63, 3.8) is 0 Å². The highest BCUT2D eigenvalue weighted by molar-refractivity contribution is 5.98. The van der Waals surface area contributed by atoms with Crippen LogP contribution in [0.1, 0.15) is 70.0 Å². The summed E-state index contributed by atoms with van der Waals surface area (Å²) in [5, 5.41) is 15.0. The Balaban J connectivity index is 3.23. The Morgan fingerprint density at radius 2 is 1.44 bits per heavy atom. The van der Waals surface area contributed by atoms with Gasteiger partial charge in [-0.05, 0) is 29.9 Å². The van der Waals surface area contributed by atoms with E-state index in [1.165, 1.54) is 14.0 Å². The summed E-state index contributed by atoms with van der Waals surface area (Å²) < 4.78 is 5.21. The third-order valence-electron chi connectivity index (χ3n) is 4.08. The molecule has 1 aromatic rings. The largest absolute Gasteiger partial charge is 0.507 e. The number of benzene rings is 1. The van der Waals surface area contributed by atoms with Crippen LogP contribution in [0.25, 0.3) is 0 Å². The summed E-state index contributed by atoms with van der Waals surface area (Å²) in [6.07, 6.45) is -1.15. The molecular formula is C20H30N2O5. The van der Waals surface area contributed by atoms with Crippen LogP contribution in [0.3, 0.4) is 0 Å². The number of amides is 3. The molecule has 0 heterocycles. The third kappa shape index (κ3) is 5.70. The van der Waals surface area contributed by atoms with Crippen LogP contribution in [-0.4, -0.2) is 36.2 Å². The number of hydrogen-bond acceptors (Lipinski definition) is 5. The molecule has 1 rings (SSSR count). The van der Waals surface area contributed by atoms with Crippen LogP contribution < -0.4 is 10.6 Å². The molecule has 0 aliphatic heterocycles. The Bertz CT molecular complexity index is 707. The molecule has 7 heteroatoms. The number of imide groups is 1. The van der Waals surface area contributed by atoms with E-state index in [1.807, 2.05) is 41.5 Å². The average Bonchev–Trinajstić information content (AvgIpc) is 2.52. The van der Waals surface area contributed by atoms with Crippen molar-refractivity contribution >= 4 is 17.9 Å². The van der Waals surface area contributed by atoms with Crippen LogP contribution >= 0.6 is 0 Å². The Hall–Kier alpha value is -2.57. The van der Waals surface area contributed by atoms with Gasteiger partial charge in [0.15, 0.2) is 6.10 Å². The van der Waals surface area contributed by atoms with Crippen molar-refractivity contribution in [3.05, 3.63) is 28.8 Å². The van der Waals surface area contributed by atoms with E-state index in [-0.39, 0.29) is 11.3 Å². The molecule has 7 nitrogen and oxygen atoms in total. The van der Waals surface area contributed by atoms with Crippen molar-refractivity contribution in [2.75, 3.05) is 7.05 Å². The van der Waals surface area contributed by atoms with Gasteiger partial charge in [-0.1, -0.05) is 41.5 Å². The van der Waals surface area contributed by atoms with Gasteiger partial charge in [0.05, 0.1) is 5.56 Å². The number of urea groups is 1. The molecule has 3 N–H and O–H groups in total. The van der Waals surface area contributed by atoms with Gasteiger partial charge < -0.3 is 15.2 Å². The molecule has 0 aromatic heterocycles. The van der Waals surface area contributed by atoms with Crippen molar-refractivity contribution in [2.24, 2.45) is 0 Å². The van der Waals surface area contributed by atoms with E-state index in [2.05, 4.69) is 10.6 Å². The fourth-order valence-electron chi connectivity index (χ4n) is 2.45. The SMILES string of the molecule is CNC(=O)NC(=O)[C@H](C)OC(=O)c1cc(C(C)(C)C)c(O)c(C(C)(C)C)c1. The average molecular weight is 378 g/mol. The van der Waals surface area contributed by atoms with E-state index < -0.39 is 34.8 Å². The standard InChI is InChI=1S/C20H30N2O5/c1-11(16(24)22-18(26)21-8)27-17(25)12-9-13(19(2,3)4)15(23)14(10-12)20(5,6)7/h9-11,23H,1-8H3,(H2,21,22,24,26)/t11-/m0/s1. The molecular weight excluding hydrogens is 348 g/mol. The summed E-state index contributed by atoms with van der Waals surface area (Å²) in [6, 6.07) is 2.48. The van der Waals surface area contributed by atoms with Crippen molar-refractivity contribution in [3.8, 4) is 5.75 Å². The first-order valence-corrected chi connectivity index (χ1v) is 8.80. The predicted octanol–water partition coefficient (Wildman–Crippen LogP) is 2.99. The topological polar surface area (TPSA) is 105 Å². The number of esters is 1. The van der Waals surface area contributed by atoms with Crippen molar-refractivity contribution in [1.82, 2.24) is 10.6 Å². The van der Waals surface area contributed by atoms with E-state index in [4.69, 9.17) is 4.74 Å². The Kier molecular flexibility index (Phi) is 6.64. The van der Waals surface area contributed by atoms with Gasteiger partial charge in [0, 0.05) is 18.2 Å². The van der Waals surface area contributed by atoms with Gasteiger partial charge in [0.2, 0.25) is 0 Å². The number of rotatable bonds is 3. The quantitative estimate of drug-likeness (QED) is 0.701. The molecule has 0 spiro atoms. The number of phenols is 1. The zero-order valence-electron chi connectivity index (χ0n) is 17.3. The summed E-state index contributed by atoms with van der Waals surface area (Å²) in [5.74, 6) is -1.28. The smallest absolute Gasteiger partial charge is 0.338 e. The minimum Gasteiger partial charge on any atom is -0.507 e. The summed E-state index contributed by atoms with van der Waals surface area (Å²) in [5.41, 5.74) is 0.668. The first kappa shape index (κ1) is 22.5. The van der Waals surface area contributed by atoms with Crippen LogP contribution in [0.2, 0.25) is 0 Å². The Morgan fingerprint density at radius 3 is 1.81 bits per heavy atom. The predicted molar refractivity (Wildman–Crippen MR) is 103 cm³/mol. The lowest BCUT2D eigenvalue weighted by atomic mass is 9.78. The van der Waals surface area contributed by atoms with E-state index in [9.17, 15) is 19.5 Å². The lowest BCUT2D eigenvalue weighted by molar-refractivity contribution is -0.127. The molecule has 1 aromatic carbocycles. The molecule has 3 amide bonds. The second-order valence-corrected chi connectivity index (χ2v) is 8.54. The number of carbonyl (C=O) groups is 3. The molecule has 0 saturated heterocycles. The molecule has 0 radical (unpaired) electrons. The summed E-state index contributed by atoms with van der Waals surface area (Å²) in [6.45, 7) is 13.0. The molecule has 0 fully saturated rings. The van der Waals surface area contributed by atoms with Gasteiger partial charge in [0.25, 0.3) is 5.91 Å². The minimum absolute atomic E-state index is 0.150. The van der Waals surface area contributed by atoms with Gasteiger partial charge in [-0.25, -0.2) is 9.59 Å². The number of aromatic hydroxyl groups is 1. The maximum absolute atomic E-state index is 12.6. The third-order valence-corrected chi connectivity index (χ3v) is 4.08. The van der Waals surface area contributed by atoms with Gasteiger partial charge in [0.1, 0.15) is 5.75 Å². The number of nitrogens with one attached hydrogen (secondary N) is 2. The zero-order valence-corrected chi connectivity index (χ0v) is 17.3. The van der Waals surface area contributed by atoms with E-state index in [1.54, 1.807) is 12.1 Å². The molecule has 0 aliphatic carbocycles. The zero-order chi connectivity index (χ0) is 21.2. The second-order valence-electron chi connectivity index (χ2n) is 8.54. The lowest BCUT2D eigenvalue weighted by Crippen LogP contribution is -2.43. The summed E-state index contributed by atoms with van der Waals surface area (Å²) >= 11 is 0. The summed E-state index contributed by atoms with van der Waals surface area (Å²) in [4.78, 5) is 35.7. The molecule has 0 bridgehead atoms. The number of phenolic OH excluding ortho intramolecular Hbond substituents is 1. The Morgan fingerprint density at radius 1 is 1.00 bits per heavy atom. The van der Waals surface area contributed by atoms with Crippen molar-refractivity contribution in [1.29, 1.82) is 0 Å². The first-order chi connectivity index (χ1) is 12.2. The normalized spacial score (nSPS) is 12.9. The maximum atomic E-state index is 12.6. The fraction of sp³-hybridized carbons (Fsp3) is 0.550. The Labute approximate surface area is 160 Å². The molecule has 0 saturated carbocycles. The maximum Gasteiger partial charge on any atom is 0.338 e. The first-order valence-electron chi connectivity index (χ1n) is 8.80. The monoisotopic (exact) mass is 378 g/mol. The highest BCUT2D eigenvalue weighted by Gasteiger charge is 2.29. The molecule has 0 unspecified atom stereocenters. The second kappa shape index (κ2) is 7.98. The molecule has 0 aliphatic rings. The molecule has 150 valence electrons. The highest BCUT2D eigenvalue weighted by Crippen LogP contribution is 2.39. The summed E-state index contributed by atoms with van der Waals surface area (Å²) in [7, 11) is 1.37. The van der Waals surface area contributed by atoms with Crippen LogP contribution in [-0.2, 0) is 20.4 Å². The highest BCUT2D eigenvalue weighted by atomic mass is 16.5. The molecule has 27 heavy (non-hydrogen) atoms. The number of ether oxygens (including phenoxy) is 1. The van der Waals surface area contributed by atoms with E-state index >= 15 is 0 Å². The number of hydrogen-bond donors (Lipinski definition) is 3. The van der Waals surface area contributed by atoms with Crippen molar-refractivity contribution < 1.29 is 24.2 Å². The van der Waals surface area contributed by atoms with Gasteiger partial charge in [-0.2, -0.15) is 0 Å². The van der Waals surface area contributed by atoms with E-state index in [0.717, 1.165) is 0 Å². The fourth-order valence-corrected chi connectivity index (χ4v) is 2.45. The van der Waals surface area contributed by atoms with Crippen LogP contribution in [0.15, 0.2) is 12.1 Å². The lowest BCUT2D eigenvalue weighted by Gasteiger charge is -2.28. The van der Waals surface area contributed by atoms with Crippen LogP contribution in [0.5, 0.6) is 5.75 Å². The molecule has 1 atom stereocenters. The number of carbonyl (C=O) groups excluding carboxylic acids is 3. The van der Waals surface area contributed by atoms with Crippen molar-refractivity contribution in [2.45, 2.75) is 65.4 Å². The van der Waals surface area contributed by atoms with Gasteiger partial charge in [-0.3, -0.25) is 10.1 Å².